The van der Waals surface area contributed by atoms with Gasteiger partial charge in [0.1, 0.15) is 11.8 Å². The first kappa shape index (κ1) is 14.9. The van der Waals surface area contributed by atoms with E-state index in [4.69, 9.17) is 4.74 Å². The van der Waals surface area contributed by atoms with Gasteiger partial charge in [0.25, 0.3) is 0 Å². The molecule has 1 aromatic carbocycles. The van der Waals surface area contributed by atoms with Crippen LogP contribution in [0.25, 0.3) is 0 Å². The van der Waals surface area contributed by atoms with Crippen molar-refractivity contribution in [3.8, 4) is 0 Å². The number of hydrogen-bond acceptors (Lipinski definition) is 3. The van der Waals surface area contributed by atoms with Gasteiger partial charge in [0.15, 0.2) is 0 Å². The summed E-state index contributed by atoms with van der Waals surface area (Å²) in [7, 11) is 6.40. The predicted octanol–water partition coefficient (Wildman–Crippen LogP) is 2.94. The molecule has 110 valence electrons. The average Bonchev–Trinajstić information content (AvgIpc) is 2.69. The molecule has 0 amide bonds. The van der Waals surface area contributed by atoms with Crippen LogP contribution in [0.2, 0.25) is 0 Å². The van der Waals surface area contributed by atoms with Crippen molar-refractivity contribution in [3.05, 3.63) is 23.8 Å². The number of nitrogens with one attached hydrogen (secondary N) is 1. The van der Waals surface area contributed by atoms with Crippen LogP contribution in [0.3, 0.4) is 0 Å². The number of ether oxygens (including phenoxy) is 1. The highest BCUT2D eigenvalue weighted by Gasteiger charge is 2.31. The molecule has 0 aromatic heterocycles. The van der Waals surface area contributed by atoms with Crippen molar-refractivity contribution in [1.82, 2.24) is 4.48 Å². The number of benzene rings is 1. The second-order valence-electron chi connectivity index (χ2n) is 7.31. The summed E-state index contributed by atoms with van der Waals surface area (Å²) in [6.45, 7) is 6.27. The maximum absolute atomic E-state index is 12.0. The van der Waals surface area contributed by atoms with Crippen molar-refractivity contribution in [2.24, 2.45) is 5.41 Å². The number of hydrogen-bond donors (Lipinski definition) is 1. The maximum Gasteiger partial charge on any atom is 0.311 e. The summed E-state index contributed by atoms with van der Waals surface area (Å²) in [6, 6.07) is 6.30. The Balaban J connectivity index is 2.20. The molecule has 0 saturated carbocycles. The van der Waals surface area contributed by atoms with Crippen LogP contribution < -0.4 is 9.80 Å². The number of nitrogens with zero attached hydrogens (tertiary/aromatic N) is 1. The third kappa shape index (κ3) is 2.96. The topological polar surface area (TPSA) is 38.3 Å². The molecule has 1 heterocycles. The fourth-order valence-corrected chi connectivity index (χ4v) is 2.12. The lowest BCUT2D eigenvalue weighted by Crippen LogP contribution is -2.34. The molecule has 4 nitrogen and oxygen atoms in total. The minimum Gasteiger partial charge on any atom is -0.455 e. The molecule has 0 spiro atoms. The summed E-state index contributed by atoms with van der Waals surface area (Å²) >= 11 is 0. The quantitative estimate of drug-likeness (QED) is 0.667. The van der Waals surface area contributed by atoms with E-state index in [9.17, 15) is 4.79 Å². The highest BCUT2D eigenvalue weighted by molar-refractivity contribution is 5.76. The van der Waals surface area contributed by atoms with Crippen LogP contribution in [0.4, 0.5) is 11.4 Å². The number of esters is 1. The SMILES string of the molecule is CC(C)(C)C(=O)OC1CNc2cc([N+](C)(C)C)ccc21. The number of carbonyl (C=O) groups excluding carboxylic acids is 1. The molecule has 1 N–H and O–H groups in total. The molecule has 0 saturated heterocycles. The zero-order valence-electron chi connectivity index (χ0n) is 13.3. The van der Waals surface area contributed by atoms with Crippen molar-refractivity contribution in [2.75, 3.05) is 33.0 Å². The van der Waals surface area contributed by atoms with Crippen molar-refractivity contribution < 1.29 is 9.53 Å². The second-order valence-corrected chi connectivity index (χ2v) is 7.31. The smallest absolute Gasteiger partial charge is 0.311 e. The number of fused-ring (bicyclic) bond motifs is 1. The molecule has 1 unspecified atom stereocenters. The van der Waals surface area contributed by atoms with Gasteiger partial charge in [0, 0.05) is 17.3 Å². The van der Waals surface area contributed by atoms with E-state index in [0.717, 1.165) is 15.7 Å². The Bertz CT molecular complexity index is 524. The van der Waals surface area contributed by atoms with E-state index in [-0.39, 0.29) is 12.1 Å². The van der Waals surface area contributed by atoms with Crippen molar-refractivity contribution in [1.29, 1.82) is 0 Å². The van der Waals surface area contributed by atoms with Crippen LogP contribution in [0.5, 0.6) is 0 Å². The third-order valence-electron chi connectivity index (χ3n) is 3.50. The summed E-state index contributed by atoms with van der Waals surface area (Å²) < 4.78 is 6.39. The molecule has 20 heavy (non-hydrogen) atoms. The van der Waals surface area contributed by atoms with Gasteiger partial charge in [-0.25, -0.2) is 0 Å². The summed E-state index contributed by atoms with van der Waals surface area (Å²) in [4.78, 5) is 12.0. The number of quaternary nitrogens is 1. The zero-order chi connectivity index (χ0) is 15.1. The maximum atomic E-state index is 12.0. The van der Waals surface area contributed by atoms with Gasteiger partial charge in [0.2, 0.25) is 0 Å². The van der Waals surface area contributed by atoms with E-state index in [0.29, 0.717) is 6.54 Å². The summed E-state index contributed by atoms with van der Waals surface area (Å²) in [5, 5.41) is 3.33. The van der Waals surface area contributed by atoms with Gasteiger partial charge in [-0.15, -0.1) is 0 Å². The van der Waals surface area contributed by atoms with Gasteiger partial charge < -0.3 is 10.1 Å². The van der Waals surface area contributed by atoms with Crippen LogP contribution >= 0.6 is 0 Å². The van der Waals surface area contributed by atoms with Crippen LogP contribution in [0, 0.1) is 5.41 Å². The van der Waals surface area contributed by atoms with Crippen LogP contribution in [-0.4, -0.2) is 33.7 Å². The lowest BCUT2D eigenvalue weighted by molar-refractivity contribution is -0.158. The Hall–Kier alpha value is -1.55. The standard InChI is InChI=1S/C16H25N2O2/c1-16(2,3)15(19)20-14-10-17-13-9-11(18(4,5)6)7-8-12(13)14/h7-9,14,17H,10H2,1-6H3/q+1. The van der Waals surface area contributed by atoms with E-state index in [1.165, 1.54) is 5.69 Å². The molecule has 1 aliphatic heterocycles. The van der Waals surface area contributed by atoms with Gasteiger partial charge in [0.05, 0.1) is 33.1 Å². The molecule has 1 aromatic rings. The molecule has 0 fully saturated rings. The Morgan fingerprint density at radius 1 is 1.30 bits per heavy atom. The Morgan fingerprint density at radius 2 is 1.95 bits per heavy atom. The lowest BCUT2D eigenvalue weighted by atomic mass is 9.97. The fraction of sp³-hybridized carbons (Fsp3) is 0.562. The fourth-order valence-electron chi connectivity index (χ4n) is 2.12. The predicted molar refractivity (Wildman–Crippen MR) is 82.8 cm³/mol. The Kier molecular flexibility index (Phi) is 3.54. The van der Waals surface area contributed by atoms with E-state index in [1.54, 1.807) is 0 Å². The number of carbonyl (C=O) groups is 1. The third-order valence-corrected chi connectivity index (χ3v) is 3.50. The Morgan fingerprint density at radius 3 is 2.50 bits per heavy atom. The van der Waals surface area contributed by atoms with Crippen LogP contribution in [0.1, 0.15) is 32.4 Å². The molecule has 0 bridgehead atoms. The van der Waals surface area contributed by atoms with E-state index < -0.39 is 5.41 Å². The molecule has 0 aliphatic carbocycles. The molecule has 0 radical (unpaired) electrons. The summed E-state index contributed by atoms with van der Waals surface area (Å²) in [5.41, 5.74) is 2.89. The first-order valence-electron chi connectivity index (χ1n) is 7.00. The highest BCUT2D eigenvalue weighted by Crippen LogP contribution is 2.36. The first-order chi connectivity index (χ1) is 9.09. The first-order valence-corrected chi connectivity index (χ1v) is 7.00. The van der Waals surface area contributed by atoms with Gasteiger partial charge in [-0.1, -0.05) is 0 Å². The average molecular weight is 277 g/mol. The molecule has 4 heteroatoms. The molecular formula is C16H25N2O2+. The monoisotopic (exact) mass is 277 g/mol. The van der Waals surface area contributed by atoms with E-state index in [2.05, 4.69) is 44.7 Å². The molecule has 1 atom stereocenters. The largest absolute Gasteiger partial charge is 0.455 e. The van der Waals surface area contributed by atoms with E-state index >= 15 is 0 Å². The van der Waals surface area contributed by atoms with Crippen LogP contribution in [-0.2, 0) is 9.53 Å². The molecular weight excluding hydrogens is 252 g/mol. The molecule has 2 rings (SSSR count). The normalized spacial score (nSPS) is 18.4. The van der Waals surface area contributed by atoms with Gasteiger partial charge in [-0.2, -0.15) is 0 Å². The van der Waals surface area contributed by atoms with Gasteiger partial charge in [-0.05, 0) is 32.9 Å². The number of anilines is 1. The highest BCUT2D eigenvalue weighted by atomic mass is 16.5. The zero-order valence-corrected chi connectivity index (χ0v) is 13.3. The summed E-state index contributed by atoms with van der Waals surface area (Å²) in [6.07, 6.45) is -0.182. The molecule has 1 aliphatic rings. The minimum absolute atomic E-state index is 0.159. The lowest BCUT2D eigenvalue weighted by Gasteiger charge is -2.24. The second kappa shape index (κ2) is 4.77. The van der Waals surface area contributed by atoms with Crippen molar-refractivity contribution in [3.63, 3.8) is 0 Å². The van der Waals surface area contributed by atoms with Crippen LogP contribution in [0.15, 0.2) is 18.2 Å². The van der Waals surface area contributed by atoms with Gasteiger partial charge in [-0.3, -0.25) is 9.28 Å². The van der Waals surface area contributed by atoms with Crippen molar-refractivity contribution >= 4 is 17.3 Å². The minimum atomic E-state index is -0.467. The Labute approximate surface area is 121 Å². The van der Waals surface area contributed by atoms with Gasteiger partial charge >= 0.3 is 5.97 Å². The number of rotatable bonds is 2. The van der Waals surface area contributed by atoms with Crippen molar-refractivity contribution in [2.45, 2.75) is 26.9 Å². The van der Waals surface area contributed by atoms with E-state index in [1.807, 2.05) is 20.8 Å². The summed E-state index contributed by atoms with van der Waals surface area (Å²) in [5.74, 6) is -0.159.